The fraction of sp³-hybridized carbons (Fsp3) is 0.500. The van der Waals surface area contributed by atoms with Gasteiger partial charge >= 0.3 is 0 Å². The van der Waals surface area contributed by atoms with Crippen molar-refractivity contribution in [2.24, 2.45) is 0 Å². The minimum absolute atomic E-state index is 0.372. The van der Waals surface area contributed by atoms with Crippen LogP contribution in [0.5, 0.6) is 0 Å². The largest absolute Gasteiger partial charge is 0.391 e. The average Bonchev–Trinajstić information content (AvgIpc) is 2.41. The molecule has 1 fully saturated rings. The molecule has 0 unspecified atom stereocenters. The summed E-state index contributed by atoms with van der Waals surface area (Å²) in [5, 5.41) is 20.7. The molecule has 110 valence electrons. The number of rotatable bonds is 4. The third-order valence-corrected chi connectivity index (χ3v) is 4.92. The second-order valence-corrected chi connectivity index (χ2v) is 6.49. The van der Waals surface area contributed by atoms with Crippen LogP contribution < -0.4 is 4.72 Å². The Bertz CT molecular complexity index is 602. The Hall–Kier alpha value is -1.51. The number of nitrogens with one attached hydrogen (secondary N) is 1. The molecule has 2 rings (SSSR count). The molecule has 2 atom stereocenters. The molecule has 8 heteroatoms. The highest BCUT2D eigenvalue weighted by atomic mass is 32.2. The van der Waals surface area contributed by atoms with Crippen molar-refractivity contribution < 1.29 is 18.4 Å². The maximum atomic E-state index is 12.2. The number of nitro groups is 1. The zero-order chi connectivity index (χ0) is 14.8. The van der Waals surface area contributed by atoms with Gasteiger partial charge in [-0.25, -0.2) is 13.1 Å². The molecule has 0 aromatic heterocycles. The molecule has 2 N–H and O–H groups in total. The van der Waals surface area contributed by atoms with Crippen LogP contribution in [0.1, 0.15) is 25.7 Å². The first-order chi connectivity index (χ1) is 9.42. The summed E-state index contributed by atoms with van der Waals surface area (Å²) in [5.74, 6) is 0. The van der Waals surface area contributed by atoms with E-state index in [0.717, 1.165) is 18.9 Å². The van der Waals surface area contributed by atoms with E-state index in [1.54, 1.807) is 0 Å². The van der Waals surface area contributed by atoms with E-state index in [0.29, 0.717) is 12.8 Å². The number of para-hydroxylation sites is 1. The number of hydrogen-bond acceptors (Lipinski definition) is 5. The summed E-state index contributed by atoms with van der Waals surface area (Å²) in [7, 11) is -4.02. The molecule has 0 radical (unpaired) electrons. The highest BCUT2D eigenvalue weighted by molar-refractivity contribution is 7.89. The molecule has 0 aliphatic heterocycles. The van der Waals surface area contributed by atoms with Crippen LogP contribution in [-0.2, 0) is 10.0 Å². The van der Waals surface area contributed by atoms with Gasteiger partial charge in [0.2, 0.25) is 10.0 Å². The Labute approximate surface area is 116 Å². The van der Waals surface area contributed by atoms with Crippen LogP contribution in [0.3, 0.4) is 0 Å². The van der Waals surface area contributed by atoms with Crippen molar-refractivity contribution in [3.8, 4) is 0 Å². The van der Waals surface area contributed by atoms with E-state index in [9.17, 15) is 23.6 Å². The maximum absolute atomic E-state index is 12.2. The van der Waals surface area contributed by atoms with Crippen LogP contribution in [0.25, 0.3) is 0 Å². The van der Waals surface area contributed by atoms with Crippen molar-refractivity contribution in [2.75, 3.05) is 0 Å². The number of nitrogens with zero attached hydrogens (tertiary/aromatic N) is 1. The lowest BCUT2D eigenvalue weighted by Crippen LogP contribution is -2.45. The number of hydrogen-bond donors (Lipinski definition) is 2. The van der Waals surface area contributed by atoms with Crippen LogP contribution in [-0.4, -0.2) is 30.6 Å². The van der Waals surface area contributed by atoms with E-state index in [2.05, 4.69) is 4.72 Å². The van der Waals surface area contributed by atoms with Crippen LogP contribution in [0.4, 0.5) is 5.69 Å². The van der Waals surface area contributed by atoms with Gasteiger partial charge in [0.1, 0.15) is 0 Å². The van der Waals surface area contributed by atoms with Crippen molar-refractivity contribution in [3.63, 3.8) is 0 Å². The lowest BCUT2D eigenvalue weighted by molar-refractivity contribution is -0.387. The van der Waals surface area contributed by atoms with Gasteiger partial charge in [-0.3, -0.25) is 10.1 Å². The summed E-state index contributed by atoms with van der Waals surface area (Å²) in [4.78, 5) is 9.79. The Morgan fingerprint density at radius 2 is 1.90 bits per heavy atom. The third kappa shape index (κ3) is 3.14. The lowest BCUT2D eigenvalue weighted by Gasteiger charge is -2.27. The van der Waals surface area contributed by atoms with E-state index >= 15 is 0 Å². The molecule has 1 aromatic rings. The first-order valence-electron chi connectivity index (χ1n) is 6.35. The van der Waals surface area contributed by atoms with Crippen LogP contribution >= 0.6 is 0 Å². The lowest BCUT2D eigenvalue weighted by atomic mass is 9.93. The fourth-order valence-electron chi connectivity index (χ4n) is 2.35. The standard InChI is InChI=1S/C12H16N2O5S/c15-11-7-3-1-5-9(11)13-20(18,19)12-8-4-2-6-10(12)14(16)17/h2,4,6,8-9,11,13,15H,1,3,5,7H2/t9-,11-/m0/s1. The molecule has 0 heterocycles. The molecule has 0 saturated heterocycles. The van der Waals surface area contributed by atoms with E-state index < -0.39 is 32.8 Å². The summed E-state index contributed by atoms with van der Waals surface area (Å²) in [6.45, 7) is 0. The van der Waals surface area contributed by atoms with Crippen molar-refractivity contribution in [1.29, 1.82) is 0 Å². The Kier molecular flexibility index (Phi) is 4.36. The van der Waals surface area contributed by atoms with E-state index in [-0.39, 0.29) is 4.90 Å². The third-order valence-electron chi connectivity index (χ3n) is 3.39. The van der Waals surface area contributed by atoms with E-state index in [1.165, 1.54) is 18.2 Å². The molecule has 1 saturated carbocycles. The number of aliphatic hydroxyl groups is 1. The zero-order valence-electron chi connectivity index (χ0n) is 10.7. The highest BCUT2D eigenvalue weighted by Gasteiger charge is 2.31. The van der Waals surface area contributed by atoms with Crippen molar-refractivity contribution in [2.45, 2.75) is 42.7 Å². The molecular weight excluding hydrogens is 284 g/mol. The molecule has 1 aliphatic carbocycles. The number of aliphatic hydroxyl groups excluding tert-OH is 1. The first-order valence-corrected chi connectivity index (χ1v) is 7.84. The van der Waals surface area contributed by atoms with Gasteiger partial charge in [0, 0.05) is 12.1 Å². The van der Waals surface area contributed by atoms with Gasteiger partial charge in [-0.1, -0.05) is 25.0 Å². The highest BCUT2D eigenvalue weighted by Crippen LogP contribution is 2.25. The molecule has 0 spiro atoms. The van der Waals surface area contributed by atoms with Crippen LogP contribution in [0.15, 0.2) is 29.2 Å². The van der Waals surface area contributed by atoms with Crippen molar-refractivity contribution in [3.05, 3.63) is 34.4 Å². The monoisotopic (exact) mass is 300 g/mol. The molecule has 1 aliphatic rings. The van der Waals surface area contributed by atoms with Gasteiger partial charge in [0.15, 0.2) is 4.90 Å². The maximum Gasteiger partial charge on any atom is 0.289 e. The van der Waals surface area contributed by atoms with Gasteiger partial charge in [0.05, 0.1) is 11.0 Å². The normalized spacial score (nSPS) is 23.4. The minimum atomic E-state index is -4.02. The minimum Gasteiger partial charge on any atom is -0.391 e. The Balaban J connectivity index is 2.29. The quantitative estimate of drug-likeness (QED) is 0.641. The second-order valence-electron chi connectivity index (χ2n) is 4.80. The number of sulfonamides is 1. The Morgan fingerprint density at radius 3 is 2.55 bits per heavy atom. The van der Waals surface area contributed by atoms with Crippen molar-refractivity contribution in [1.82, 2.24) is 4.72 Å². The van der Waals surface area contributed by atoms with Gasteiger partial charge in [-0.05, 0) is 18.9 Å². The van der Waals surface area contributed by atoms with Gasteiger partial charge in [-0.2, -0.15) is 0 Å². The van der Waals surface area contributed by atoms with Gasteiger partial charge in [0.25, 0.3) is 5.69 Å². The Morgan fingerprint density at radius 1 is 1.25 bits per heavy atom. The van der Waals surface area contributed by atoms with E-state index in [4.69, 9.17) is 0 Å². The predicted molar refractivity (Wildman–Crippen MR) is 71.7 cm³/mol. The molecule has 20 heavy (non-hydrogen) atoms. The molecular formula is C12H16N2O5S. The molecule has 0 bridgehead atoms. The molecule has 1 aromatic carbocycles. The number of nitro benzene ring substituents is 1. The van der Waals surface area contributed by atoms with Gasteiger partial charge in [-0.15, -0.1) is 0 Å². The molecule has 0 amide bonds. The summed E-state index contributed by atoms with van der Waals surface area (Å²) in [5.41, 5.74) is -0.467. The van der Waals surface area contributed by atoms with Crippen LogP contribution in [0.2, 0.25) is 0 Å². The SMILES string of the molecule is O=[N+]([O-])c1ccccc1S(=O)(=O)N[C@H]1CCCC[C@@H]1O. The fourth-order valence-corrected chi connectivity index (χ4v) is 3.82. The van der Waals surface area contributed by atoms with E-state index in [1.807, 2.05) is 0 Å². The van der Waals surface area contributed by atoms with Crippen LogP contribution in [0, 0.1) is 10.1 Å². The number of benzene rings is 1. The topological polar surface area (TPSA) is 110 Å². The van der Waals surface area contributed by atoms with Gasteiger partial charge < -0.3 is 5.11 Å². The average molecular weight is 300 g/mol. The molecule has 7 nitrogen and oxygen atoms in total. The summed E-state index contributed by atoms with van der Waals surface area (Å²) < 4.78 is 26.9. The first kappa shape index (κ1) is 14.9. The summed E-state index contributed by atoms with van der Waals surface area (Å²) >= 11 is 0. The van der Waals surface area contributed by atoms with Crippen molar-refractivity contribution >= 4 is 15.7 Å². The predicted octanol–water partition coefficient (Wildman–Crippen LogP) is 1.18. The second kappa shape index (κ2) is 5.86. The smallest absolute Gasteiger partial charge is 0.289 e. The summed E-state index contributed by atoms with van der Waals surface area (Å²) in [6.07, 6.45) is 1.98. The summed E-state index contributed by atoms with van der Waals surface area (Å²) in [6, 6.07) is 4.58. The zero-order valence-corrected chi connectivity index (χ0v) is 11.5.